The quantitative estimate of drug-likeness (QED) is 0.766. The van der Waals surface area contributed by atoms with Gasteiger partial charge in [0.2, 0.25) is 0 Å². The lowest BCUT2D eigenvalue weighted by Gasteiger charge is -2.25. The number of nitrogens with zero attached hydrogens (tertiary/aromatic N) is 1. The van der Waals surface area contributed by atoms with E-state index in [1.807, 2.05) is 6.92 Å². The third kappa shape index (κ3) is 4.78. The van der Waals surface area contributed by atoms with E-state index in [-0.39, 0.29) is 22.6 Å². The highest BCUT2D eigenvalue weighted by Gasteiger charge is 2.20. The molecule has 0 saturated heterocycles. The molecule has 0 saturated carbocycles. The maximum absolute atomic E-state index is 12.6. The Kier molecular flexibility index (Phi) is 5.97. The van der Waals surface area contributed by atoms with Crippen molar-refractivity contribution in [1.82, 2.24) is 4.90 Å². The Hall–Kier alpha value is -2.48. The van der Waals surface area contributed by atoms with Gasteiger partial charge in [-0.15, -0.1) is 0 Å². The predicted octanol–water partition coefficient (Wildman–Crippen LogP) is 3.52. The van der Waals surface area contributed by atoms with Crippen LogP contribution in [0.2, 0.25) is 0 Å². The van der Waals surface area contributed by atoms with E-state index in [0.717, 1.165) is 11.8 Å². The number of rotatable bonds is 6. The Bertz CT molecular complexity index is 865. The molecule has 0 aliphatic carbocycles. The van der Waals surface area contributed by atoms with Crippen molar-refractivity contribution in [3.05, 3.63) is 59.7 Å². The van der Waals surface area contributed by atoms with Crippen LogP contribution in [0.25, 0.3) is 0 Å². The van der Waals surface area contributed by atoms with Crippen LogP contribution >= 0.6 is 0 Å². The van der Waals surface area contributed by atoms with E-state index >= 15 is 0 Å². The van der Waals surface area contributed by atoms with Crippen LogP contribution in [-0.4, -0.2) is 39.1 Å². The maximum atomic E-state index is 12.6. The molecule has 2 rings (SSSR count). The molecule has 5 nitrogen and oxygen atoms in total. The van der Waals surface area contributed by atoms with Crippen LogP contribution in [0.4, 0.5) is 8.78 Å². The SMILES string of the molecule is C[C@@H](c1ccc(S(C)(=O)=O)cc1)N(C)C(=O)c1ccc(OC(F)F)cc1. The lowest BCUT2D eigenvalue weighted by molar-refractivity contribution is -0.0498. The zero-order valence-corrected chi connectivity index (χ0v) is 15.3. The minimum absolute atomic E-state index is 0.0244. The van der Waals surface area contributed by atoms with Crippen molar-refractivity contribution in [2.75, 3.05) is 13.3 Å². The highest BCUT2D eigenvalue weighted by molar-refractivity contribution is 7.90. The number of amides is 1. The molecule has 0 aromatic heterocycles. The average molecular weight is 383 g/mol. The van der Waals surface area contributed by atoms with E-state index in [4.69, 9.17) is 0 Å². The van der Waals surface area contributed by atoms with Gasteiger partial charge in [0, 0.05) is 18.9 Å². The van der Waals surface area contributed by atoms with Gasteiger partial charge in [-0.2, -0.15) is 8.78 Å². The molecule has 0 heterocycles. The summed E-state index contributed by atoms with van der Waals surface area (Å²) in [6.07, 6.45) is 1.13. The monoisotopic (exact) mass is 383 g/mol. The molecule has 2 aromatic rings. The normalized spacial score (nSPS) is 12.7. The molecule has 0 unspecified atom stereocenters. The van der Waals surface area contributed by atoms with E-state index in [9.17, 15) is 22.0 Å². The number of hydrogen-bond donors (Lipinski definition) is 0. The van der Waals surface area contributed by atoms with Crippen molar-refractivity contribution in [2.24, 2.45) is 0 Å². The summed E-state index contributed by atoms with van der Waals surface area (Å²) >= 11 is 0. The van der Waals surface area contributed by atoms with E-state index in [1.54, 1.807) is 19.2 Å². The second kappa shape index (κ2) is 7.82. The molecule has 0 bridgehead atoms. The van der Waals surface area contributed by atoms with Crippen LogP contribution in [-0.2, 0) is 9.84 Å². The Morgan fingerprint density at radius 2 is 1.58 bits per heavy atom. The fourth-order valence-electron chi connectivity index (χ4n) is 2.38. The molecule has 26 heavy (non-hydrogen) atoms. The third-order valence-electron chi connectivity index (χ3n) is 4.02. The number of hydrogen-bond acceptors (Lipinski definition) is 4. The Morgan fingerprint density at radius 1 is 1.04 bits per heavy atom. The minimum Gasteiger partial charge on any atom is -0.435 e. The summed E-state index contributed by atoms with van der Waals surface area (Å²) in [6, 6.07) is 11.4. The molecule has 0 radical (unpaired) electrons. The standard InChI is InChI=1S/C18H19F2NO4S/c1-12(13-6-10-16(11-7-13)26(3,23)24)21(2)17(22)14-4-8-15(9-5-14)25-18(19)20/h4-12,18H,1-3H3/t12-/m0/s1. The summed E-state index contributed by atoms with van der Waals surface area (Å²) in [6.45, 7) is -1.11. The molecule has 2 aromatic carbocycles. The number of sulfone groups is 1. The number of carbonyl (C=O) groups excluding carboxylic acids is 1. The molecule has 0 aliphatic heterocycles. The second-order valence-corrected chi connectivity index (χ2v) is 7.85. The first kappa shape index (κ1) is 19.8. The molecule has 0 spiro atoms. The summed E-state index contributed by atoms with van der Waals surface area (Å²) in [5, 5.41) is 0. The van der Waals surface area contributed by atoms with Gasteiger partial charge < -0.3 is 9.64 Å². The predicted molar refractivity (Wildman–Crippen MR) is 93.1 cm³/mol. The molecular weight excluding hydrogens is 364 g/mol. The zero-order valence-electron chi connectivity index (χ0n) is 14.5. The molecule has 1 atom stereocenters. The van der Waals surface area contributed by atoms with Crippen molar-refractivity contribution in [3.8, 4) is 5.75 Å². The lowest BCUT2D eigenvalue weighted by atomic mass is 10.1. The van der Waals surface area contributed by atoms with Gasteiger partial charge in [-0.1, -0.05) is 12.1 Å². The molecule has 0 fully saturated rings. The van der Waals surface area contributed by atoms with Crippen LogP contribution < -0.4 is 4.74 Å². The van der Waals surface area contributed by atoms with Crippen molar-refractivity contribution in [1.29, 1.82) is 0 Å². The van der Waals surface area contributed by atoms with Crippen molar-refractivity contribution in [3.63, 3.8) is 0 Å². The molecule has 140 valence electrons. The fourth-order valence-corrected chi connectivity index (χ4v) is 3.01. The lowest BCUT2D eigenvalue weighted by Crippen LogP contribution is -2.29. The number of carbonyl (C=O) groups is 1. The van der Waals surface area contributed by atoms with Crippen LogP contribution in [0, 0.1) is 0 Å². The van der Waals surface area contributed by atoms with E-state index < -0.39 is 16.4 Å². The van der Waals surface area contributed by atoms with E-state index in [2.05, 4.69) is 4.74 Å². The maximum Gasteiger partial charge on any atom is 0.387 e. The van der Waals surface area contributed by atoms with Gasteiger partial charge in [0.05, 0.1) is 10.9 Å². The minimum atomic E-state index is -3.28. The van der Waals surface area contributed by atoms with Gasteiger partial charge in [-0.05, 0) is 48.9 Å². The largest absolute Gasteiger partial charge is 0.435 e. The van der Waals surface area contributed by atoms with Crippen molar-refractivity contribution >= 4 is 15.7 Å². The van der Waals surface area contributed by atoms with E-state index in [0.29, 0.717) is 5.56 Å². The molecule has 0 N–H and O–H groups in total. The van der Waals surface area contributed by atoms with Gasteiger partial charge in [-0.25, -0.2) is 8.42 Å². The molecule has 1 amide bonds. The fraction of sp³-hybridized carbons (Fsp3) is 0.278. The topological polar surface area (TPSA) is 63.7 Å². The van der Waals surface area contributed by atoms with Crippen molar-refractivity contribution in [2.45, 2.75) is 24.5 Å². The summed E-state index contributed by atoms with van der Waals surface area (Å²) in [7, 11) is -1.67. The van der Waals surface area contributed by atoms with Gasteiger partial charge in [0.15, 0.2) is 9.84 Å². The van der Waals surface area contributed by atoms with Gasteiger partial charge >= 0.3 is 6.61 Å². The summed E-state index contributed by atoms with van der Waals surface area (Å²) in [4.78, 5) is 14.3. The highest BCUT2D eigenvalue weighted by Crippen LogP contribution is 2.23. The van der Waals surface area contributed by atoms with Gasteiger partial charge in [-0.3, -0.25) is 4.79 Å². The second-order valence-electron chi connectivity index (χ2n) is 5.84. The average Bonchev–Trinajstić information content (AvgIpc) is 2.59. The van der Waals surface area contributed by atoms with Crippen LogP contribution in [0.3, 0.4) is 0 Å². The first-order chi connectivity index (χ1) is 12.1. The molecule has 0 aliphatic rings. The number of benzene rings is 2. The number of ether oxygens (including phenoxy) is 1. The van der Waals surface area contributed by atoms with Crippen molar-refractivity contribution < 1.29 is 26.7 Å². The summed E-state index contributed by atoms with van der Waals surface area (Å²) in [5.74, 6) is -0.322. The third-order valence-corrected chi connectivity index (χ3v) is 5.15. The summed E-state index contributed by atoms with van der Waals surface area (Å²) in [5.41, 5.74) is 1.10. The number of halogens is 2. The van der Waals surface area contributed by atoms with E-state index in [1.165, 1.54) is 41.3 Å². The zero-order chi connectivity index (χ0) is 19.5. The Morgan fingerprint density at radius 3 is 2.04 bits per heavy atom. The molecular formula is C18H19F2NO4S. The van der Waals surface area contributed by atoms with Gasteiger partial charge in [0.1, 0.15) is 5.75 Å². The first-order valence-corrected chi connectivity index (χ1v) is 9.61. The number of alkyl halides is 2. The Labute approximate surface area is 151 Å². The Balaban J connectivity index is 2.14. The van der Waals surface area contributed by atoms with Crippen LogP contribution in [0.5, 0.6) is 5.75 Å². The molecule has 8 heteroatoms. The smallest absolute Gasteiger partial charge is 0.387 e. The van der Waals surface area contributed by atoms with Gasteiger partial charge in [0.25, 0.3) is 5.91 Å². The highest BCUT2D eigenvalue weighted by atomic mass is 32.2. The first-order valence-electron chi connectivity index (χ1n) is 7.71. The van der Waals surface area contributed by atoms with Crippen LogP contribution in [0.1, 0.15) is 28.9 Å². The van der Waals surface area contributed by atoms with Crippen LogP contribution in [0.15, 0.2) is 53.4 Å². The summed E-state index contributed by atoms with van der Waals surface area (Å²) < 4.78 is 51.6.